The van der Waals surface area contributed by atoms with Crippen molar-refractivity contribution < 1.29 is 24.5 Å². The molecule has 0 fully saturated rings. The summed E-state index contributed by atoms with van der Waals surface area (Å²) in [6.45, 7) is 6.35. The highest BCUT2D eigenvalue weighted by molar-refractivity contribution is 5.77. The van der Waals surface area contributed by atoms with Crippen LogP contribution in [0.2, 0.25) is 0 Å². The van der Waals surface area contributed by atoms with Gasteiger partial charge >= 0.3 is 5.97 Å². The third kappa shape index (κ3) is 42.3. The number of carbonyl (C=O) groups is 2. The second-order valence-corrected chi connectivity index (χ2v) is 17.2. The molecule has 6 nitrogen and oxygen atoms in total. The predicted molar refractivity (Wildman–Crippen MR) is 255 cm³/mol. The van der Waals surface area contributed by atoms with Crippen molar-refractivity contribution >= 4 is 11.9 Å². The molecule has 6 heteroatoms. The molecule has 59 heavy (non-hydrogen) atoms. The Bertz CT molecular complexity index is 1020. The SMILES string of the molecule is CC/C=C/C/C=C/C/C=C/C/C=C/CCCCCC(=O)OC(CCCCCCCCCCCCCCCCC)CC(=O)NC(CO)C(O)CCCCCCCCCCC. The van der Waals surface area contributed by atoms with Crippen LogP contribution in [-0.4, -0.2) is 46.9 Å². The topological polar surface area (TPSA) is 95.9 Å². The molecule has 0 aliphatic rings. The summed E-state index contributed by atoms with van der Waals surface area (Å²) in [6, 6.07) is -0.705. The molecule has 3 unspecified atom stereocenters. The minimum absolute atomic E-state index is 0.0669. The zero-order valence-electron chi connectivity index (χ0n) is 39.1. The highest BCUT2D eigenvalue weighted by atomic mass is 16.5. The smallest absolute Gasteiger partial charge is 0.306 e. The van der Waals surface area contributed by atoms with E-state index in [1.165, 1.54) is 122 Å². The fourth-order valence-electron chi connectivity index (χ4n) is 7.60. The van der Waals surface area contributed by atoms with Crippen molar-refractivity contribution in [3.8, 4) is 0 Å². The van der Waals surface area contributed by atoms with E-state index >= 15 is 0 Å². The van der Waals surface area contributed by atoms with Crippen LogP contribution >= 0.6 is 0 Å². The summed E-state index contributed by atoms with van der Waals surface area (Å²) in [4.78, 5) is 26.1. The summed E-state index contributed by atoms with van der Waals surface area (Å²) in [5.41, 5.74) is 0. The summed E-state index contributed by atoms with van der Waals surface area (Å²) in [7, 11) is 0. The van der Waals surface area contributed by atoms with Gasteiger partial charge in [-0.15, -0.1) is 0 Å². The molecular weight excluding hydrogens is 731 g/mol. The minimum Gasteiger partial charge on any atom is -0.462 e. The van der Waals surface area contributed by atoms with Crippen molar-refractivity contribution in [3.63, 3.8) is 0 Å². The second-order valence-electron chi connectivity index (χ2n) is 17.2. The molecule has 0 aromatic carbocycles. The van der Waals surface area contributed by atoms with E-state index in [-0.39, 0.29) is 24.9 Å². The molecule has 0 aromatic rings. The lowest BCUT2D eigenvalue weighted by Gasteiger charge is -2.24. The zero-order valence-corrected chi connectivity index (χ0v) is 39.1. The van der Waals surface area contributed by atoms with Gasteiger partial charge in [-0.3, -0.25) is 9.59 Å². The van der Waals surface area contributed by atoms with Crippen LogP contribution in [0.15, 0.2) is 48.6 Å². The summed E-state index contributed by atoms with van der Waals surface area (Å²) >= 11 is 0. The van der Waals surface area contributed by atoms with Gasteiger partial charge in [0.2, 0.25) is 5.91 Å². The van der Waals surface area contributed by atoms with Crippen LogP contribution in [0.25, 0.3) is 0 Å². The second kappa shape index (κ2) is 46.9. The quantitative estimate of drug-likeness (QED) is 0.0323. The van der Waals surface area contributed by atoms with E-state index in [0.29, 0.717) is 19.3 Å². The van der Waals surface area contributed by atoms with Gasteiger partial charge in [-0.1, -0.05) is 223 Å². The molecular formula is C53H97NO5. The molecule has 0 radical (unpaired) electrons. The Morgan fingerprint density at radius 1 is 0.508 bits per heavy atom. The first kappa shape index (κ1) is 56.8. The van der Waals surface area contributed by atoms with E-state index in [1.54, 1.807) is 0 Å². The summed E-state index contributed by atoms with van der Waals surface area (Å²) < 4.78 is 5.92. The fraction of sp³-hybridized carbons (Fsp3) is 0.811. The van der Waals surface area contributed by atoms with E-state index in [0.717, 1.165) is 83.5 Å². The van der Waals surface area contributed by atoms with Crippen LogP contribution < -0.4 is 5.32 Å². The third-order valence-electron chi connectivity index (χ3n) is 11.4. The largest absolute Gasteiger partial charge is 0.462 e. The van der Waals surface area contributed by atoms with E-state index in [2.05, 4.69) is 74.7 Å². The molecule has 0 heterocycles. The number of aliphatic hydroxyl groups is 2. The van der Waals surface area contributed by atoms with Crippen molar-refractivity contribution in [1.29, 1.82) is 0 Å². The number of nitrogens with one attached hydrogen (secondary N) is 1. The monoisotopic (exact) mass is 828 g/mol. The number of rotatable bonds is 45. The minimum atomic E-state index is -0.790. The molecule has 0 bridgehead atoms. The Morgan fingerprint density at radius 2 is 0.915 bits per heavy atom. The Hall–Kier alpha value is -2.18. The predicted octanol–water partition coefficient (Wildman–Crippen LogP) is 15.1. The van der Waals surface area contributed by atoms with E-state index in [4.69, 9.17) is 4.74 Å². The summed E-state index contributed by atoms with van der Waals surface area (Å²) in [5, 5.41) is 23.7. The molecule has 0 saturated carbocycles. The molecule has 3 N–H and O–H groups in total. The number of esters is 1. The van der Waals surface area contributed by atoms with Gasteiger partial charge in [-0.05, 0) is 64.2 Å². The maximum Gasteiger partial charge on any atom is 0.306 e. The Morgan fingerprint density at radius 3 is 1.37 bits per heavy atom. The highest BCUT2D eigenvalue weighted by Crippen LogP contribution is 2.18. The van der Waals surface area contributed by atoms with Crippen LogP contribution in [0.1, 0.15) is 252 Å². The van der Waals surface area contributed by atoms with Gasteiger partial charge in [0.05, 0.1) is 25.2 Å². The number of aliphatic hydroxyl groups excluding tert-OH is 2. The number of unbranched alkanes of at least 4 members (excludes halogenated alkanes) is 25. The van der Waals surface area contributed by atoms with Crippen molar-refractivity contribution in [1.82, 2.24) is 5.32 Å². The van der Waals surface area contributed by atoms with Gasteiger partial charge < -0.3 is 20.3 Å². The molecule has 0 aliphatic heterocycles. The van der Waals surface area contributed by atoms with Gasteiger partial charge in [-0.2, -0.15) is 0 Å². The van der Waals surface area contributed by atoms with Crippen molar-refractivity contribution in [2.24, 2.45) is 0 Å². The number of carbonyl (C=O) groups excluding carboxylic acids is 2. The molecule has 1 amide bonds. The molecule has 0 aliphatic carbocycles. The number of allylic oxidation sites excluding steroid dienone is 8. The third-order valence-corrected chi connectivity index (χ3v) is 11.4. The first-order valence-corrected chi connectivity index (χ1v) is 25.4. The molecule has 0 spiro atoms. The van der Waals surface area contributed by atoms with Crippen LogP contribution in [0.4, 0.5) is 0 Å². The Labute approximate surface area is 366 Å². The lowest BCUT2D eigenvalue weighted by Crippen LogP contribution is -2.46. The van der Waals surface area contributed by atoms with E-state index < -0.39 is 18.2 Å². The first-order chi connectivity index (χ1) is 29.0. The van der Waals surface area contributed by atoms with Crippen LogP contribution in [-0.2, 0) is 14.3 Å². The molecule has 344 valence electrons. The lowest BCUT2D eigenvalue weighted by atomic mass is 10.0. The maximum atomic E-state index is 13.2. The molecule has 0 rings (SSSR count). The highest BCUT2D eigenvalue weighted by Gasteiger charge is 2.24. The number of amides is 1. The lowest BCUT2D eigenvalue weighted by molar-refractivity contribution is -0.151. The number of hydrogen-bond donors (Lipinski definition) is 3. The van der Waals surface area contributed by atoms with E-state index in [1.807, 2.05) is 0 Å². The standard InChI is InChI=1S/C53H97NO5/c1-4-7-10-13-16-19-21-23-25-27-29-31-34-37-40-43-46-53(58)59-49(44-41-38-35-33-30-28-26-24-22-20-17-14-11-8-5-2)47-52(57)54-50(48-55)51(56)45-42-39-36-32-18-15-12-9-6-3/h7,10,16,19,23,25,29,31,49-51,55-56H,4-6,8-9,11-15,17-18,20-22,24,26-28,30,32-48H2,1-3H3,(H,54,57)/b10-7+,19-16+,25-23+,31-29+. The van der Waals surface area contributed by atoms with Crippen LogP contribution in [0.3, 0.4) is 0 Å². The van der Waals surface area contributed by atoms with Crippen LogP contribution in [0.5, 0.6) is 0 Å². The van der Waals surface area contributed by atoms with Gasteiger partial charge in [0, 0.05) is 6.42 Å². The average Bonchev–Trinajstić information content (AvgIpc) is 3.23. The van der Waals surface area contributed by atoms with Gasteiger partial charge in [0.1, 0.15) is 6.10 Å². The number of ether oxygens (including phenoxy) is 1. The van der Waals surface area contributed by atoms with Crippen molar-refractivity contribution in [3.05, 3.63) is 48.6 Å². The Balaban J connectivity index is 4.62. The average molecular weight is 828 g/mol. The van der Waals surface area contributed by atoms with Crippen LogP contribution in [0, 0.1) is 0 Å². The van der Waals surface area contributed by atoms with Crippen molar-refractivity contribution in [2.75, 3.05) is 6.61 Å². The fourth-order valence-corrected chi connectivity index (χ4v) is 7.60. The first-order valence-electron chi connectivity index (χ1n) is 25.4. The zero-order chi connectivity index (χ0) is 43.1. The Kier molecular flexibility index (Phi) is 45.1. The summed E-state index contributed by atoms with van der Waals surface area (Å²) in [6.07, 6.45) is 56.0. The molecule has 3 atom stereocenters. The molecule has 0 aromatic heterocycles. The summed E-state index contributed by atoms with van der Waals surface area (Å²) in [5.74, 6) is -0.504. The van der Waals surface area contributed by atoms with Gasteiger partial charge in [-0.25, -0.2) is 0 Å². The maximum absolute atomic E-state index is 13.2. The van der Waals surface area contributed by atoms with Crippen molar-refractivity contribution in [2.45, 2.75) is 270 Å². The van der Waals surface area contributed by atoms with E-state index in [9.17, 15) is 19.8 Å². The molecule has 0 saturated heterocycles. The number of hydrogen-bond acceptors (Lipinski definition) is 5. The van der Waals surface area contributed by atoms with Gasteiger partial charge in [0.25, 0.3) is 0 Å². The normalized spacial score (nSPS) is 13.6. The van der Waals surface area contributed by atoms with Gasteiger partial charge in [0.15, 0.2) is 0 Å².